The average Bonchev–Trinajstić information content (AvgIpc) is 2.34. The molecule has 1 heterocycles. The molecule has 0 aromatic carbocycles. The number of nitrogens with zero attached hydrogens (tertiary/aromatic N) is 1. The summed E-state index contributed by atoms with van der Waals surface area (Å²) in [6, 6.07) is 6.09. The van der Waals surface area contributed by atoms with E-state index in [4.69, 9.17) is 20.4 Å². The molecule has 0 saturated carbocycles. The molecule has 5 heteroatoms. The molecule has 0 amide bonds. The van der Waals surface area contributed by atoms with Crippen molar-refractivity contribution >= 4 is 28.3 Å². The number of aromatic nitrogens is 1. The Labute approximate surface area is 146 Å². The van der Waals surface area contributed by atoms with Crippen molar-refractivity contribution in [1.82, 2.24) is 4.98 Å². The van der Waals surface area contributed by atoms with Crippen molar-refractivity contribution in [3.63, 3.8) is 0 Å². The third-order valence-electron chi connectivity index (χ3n) is 2.75. The van der Waals surface area contributed by atoms with Crippen LogP contribution in [-0.4, -0.2) is 15.3 Å². The molecule has 0 aliphatic heterocycles. The topological polar surface area (TPSA) is 12.9 Å². The van der Waals surface area contributed by atoms with Gasteiger partial charge < -0.3 is 0 Å². The molecular weight excluding hydrogens is 367 g/mol. The summed E-state index contributed by atoms with van der Waals surface area (Å²) in [5.41, 5.74) is 1.14. The van der Waals surface area contributed by atoms with E-state index in [1.54, 1.807) is 0 Å². The van der Waals surface area contributed by atoms with Gasteiger partial charge in [-0.15, -0.1) is 0 Å². The van der Waals surface area contributed by atoms with Gasteiger partial charge in [0.1, 0.15) is 0 Å². The van der Waals surface area contributed by atoms with Gasteiger partial charge in [-0.05, 0) is 22.4 Å². The van der Waals surface area contributed by atoms with Crippen LogP contribution >= 0.6 is 28.3 Å². The zero-order valence-corrected chi connectivity index (χ0v) is 17.0. The van der Waals surface area contributed by atoms with Gasteiger partial charge in [-0.25, -0.2) is 0 Å². The summed E-state index contributed by atoms with van der Waals surface area (Å²) in [6.07, 6.45) is 5.09. The standard InChI is InChI=1S/C16H26NP.2ClH.Ni/c1-15(2,3)18(16(4,5)6)13-9-11-14-10-7-8-12-17-14;;;/h7-10,12-13H,11H2,1-6H3;2*1H;/q;;;+2/p-2. The van der Waals surface area contributed by atoms with Crippen molar-refractivity contribution in [2.45, 2.75) is 58.3 Å². The molecule has 124 valence electrons. The summed E-state index contributed by atoms with van der Waals surface area (Å²) < 4.78 is 0. The first kappa shape index (κ1) is 21.4. The normalized spacial score (nSPS) is 12.6. The SMILES string of the molecule is CC(C)(C)P(C=CCc1ccccn1)C(C)(C)C.[Cl][Ni][Cl]. The second-order valence-electron chi connectivity index (χ2n) is 6.67. The van der Waals surface area contributed by atoms with Gasteiger partial charge in [0.25, 0.3) is 0 Å². The molecule has 0 radical (unpaired) electrons. The van der Waals surface area contributed by atoms with Crippen molar-refractivity contribution in [2.24, 2.45) is 0 Å². The van der Waals surface area contributed by atoms with E-state index in [1.807, 2.05) is 18.3 Å². The predicted octanol–water partition coefficient (Wildman–Crippen LogP) is 6.59. The number of pyridine rings is 1. The summed E-state index contributed by atoms with van der Waals surface area (Å²) in [5, 5.41) is 0.711. The molecule has 1 nitrogen and oxygen atoms in total. The molecule has 0 N–H and O–H groups in total. The Balaban J connectivity index is 0.00000122. The number of rotatable bonds is 3. The molecule has 1 rings (SSSR count). The van der Waals surface area contributed by atoms with Gasteiger partial charge in [0.15, 0.2) is 0 Å². The first-order valence-corrected chi connectivity index (χ1v) is 10.9. The van der Waals surface area contributed by atoms with Gasteiger partial charge in [-0.2, -0.15) is 0 Å². The first-order chi connectivity index (χ1) is 9.62. The van der Waals surface area contributed by atoms with E-state index in [-0.39, 0.29) is 7.92 Å². The van der Waals surface area contributed by atoms with Crippen molar-refractivity contribution in [3.8, 4) is 0 Å². The Kier molecular flexibility index (Phi) is 10.4. The van der Waals surface area contributed by atoms with Gasteiger partial charge in [-0.3, -0.25) is 4.98 Å². The molecule has 21 heavy (non-hydrogen) atoms. The minimum absolute atomic E-state index is 0.147. The van der Waals surface area contributed by atoms with Crippen molar-refractivity contribution in [2.75, 3.05) is 0 Å². The maximum atomic E-state index is 4.70. The Bertz CT molecular complexity index is 397. The number of allylic oxidation sites excluding steroid dienone is 1. The van der Waals surface area contributed by atoms with E-state index >= 15 is 0 Å². The van der Waals surface area contributed by atoms with E-state index in [2.05, 4.69) is 64.5 Å². The molecule has 0 spiro atoms. The quantitative estimate of drug-likeness (QED) is 0.417. The third kappa shape index (κ3) is 9.90. The molecular formula is C16H26Cl2NNiP. The van der Waals surface area contributed by atoms with Gasteiger partial charge in [0, 0.05) is 18.3 Å². The maximum absolute atomic E-state index is 4.70. The van der Waals surface area contributed by atoms with E-state index < -0.39 is 0 Å². The van der Waals surface area contributed by atoms with Crippen molar-refractivity contribution in [3.05, 3.63) is 42.0 Å². The van der Waals surface area contributed by atoms with Crippen LogP contribution in [0.1, 0.15) is 47.2 Å². The molecule has 0 aliphatic carbocycles. The second kappa shape index (κ2) is 10.2. The number of hydrogen-bond acceptors (Lipinski definition) is 1. The second-order valence-corrected chi connectivity index (χ2v) is 12.0. The Morgan fingerprint density at radius 2 is 1.62 bits per heavy atom. The minimum atomic E-state index is -0.147. The molecule has 0 unspecified atom stereocenters. The zero-order chi connectivity index (χ0) is 16.5. The van der Waals surface area contributed by atoms with Crippen LogP contribution < -0.4 is 0 Å². The fourth-order valence-corrected chi connectivity index (χ4v) is 5.47. The van der Waals surface area contributed by atoms with Crippen LogP contribution in [0.15, 0.2) is 36.3 Å². The number of hydrogen-bond donors (Lipinski definition) is 0. The molecule has 0 aliphatic rings. The molecule has 1 aromatic rings. The van der Waals surface area contributed by atoms with Gasteiger partial charge >= 0.3 is 33.0 Å². The molecule has 0 saturated heterocycles. The van der Waals surface area contributed by atoms with Crippen LogP contribution in [0.5, 0.6) is 0 Å². The van der Waals surface area contributed by atoms with Crippen molar-refractivity contribution < 1.29 is 12.7 Å². The van der Waals surface area contributed by atoms with Crippen LogP contribution in [0.25, 0.3) is 0 Å². The summed E-state index contributed by atoms with van der Waals surface area (Å²) in [6.45, 7) is 14.1. The average molecular weight is 393 g/mol. The predicted molar refractivity (Wildman–Crippen MR) is 95.2 cm³/mol. The fraction of sp³-hybridized carbons (Fsp3) is 0.562. The summed E-state index contributed by atoms with van der Waals surface area (Å²) in [5.74, 6) is 2.43. The van der Waals surface area contributed by atoms with Crippen LogP contribution in [-0.2, 0) is 19.1 Å². The molecule has 1 aromatic heterocycles. The van der Waals surface area contributed by atoms with E-state index in [0.29, 0.717) is 23.0 Å². The Morgan fingerprint density at radius 1 is 1.10 bits per heavy atom. The summed E-state index contributed by atoms with van der Waals surface area (Å²) in [7, 11) is 9.26. The first-order valence-electron chi connectivity index (χ1n) is 6.81. The molecule has 0 fully saturated rings. The van der Waals surface area contributed by atoms with Gasteiger partial charge in [0.2, 0.25) is 0 Å². The number of halogens is 2. The van der Waals surface area contributed by atoms with E-state index in [1.165, 1.54) is 0 Å². The van der Waals surface area contributed by atoms with Crippen LogP contribution in [0, 0.1) is 0 Å². The molecule has 0 bridgehead atoms. The van der Waals surface area contributed by atoms with Crippen LogP contribution in [0.2, 0.25) is 0 Å². The molecule has 0 atom stereocenters. The zero-order valence-electron chi connectivity index (χ0n) is 13.6. The summed E-state index contributed by atoms with van der Waals surface area (Å²) in [4.78, 5) is 4.36. The fourth-order valence-electron chi connectivity index (χ4n) is 2.25. The van der Waals surface area contributed by atoms with Crippen LogP contribution in [0.3, 0.4) is 0 Å². The Morgan fingerprint density at radius 3 is 2.00 bits per heavy atom. The van der Waals surface area contributed by atoms with E-state index in [9.17, 15) is 0 Å². The van der Waals surface area contributed by atoms with Crippen LogP contribution in [0.4, 0.5) is 0 Å². The van der Waals surface area contributed by atoms with Gasteiger partial charge in [-0.1, -0.05) is 67.4 Å². The van der Waals surface area contributed by atoms with Gasteiger partial charge in [0.05, 0.1) is 0 Å². The Hall–Kier alpha value is 0.394. The van der Waals surface area contributed by atoms with Crippen molar-refractivity contribution in [1.29, 1.82) is 0 Å². The third-order valence-corrected chi connectivity index (χ3v) is 6.15. The summed E-state index contributed by atoms with van der Waals surface area (Å²) >= 11 is 0.569. The van der Waals surface area contributed by atoms with E-state index in [0.717, 1.165) is 12.1 Å². The monoisotopic (exact) mass is 391 g/mol.